The predicted octanol–water partition coefficient (Wildman–Crippen LogP) is 3.98. The van der Waals surface area contributed by atoms with Gasteiger partial charge in [-0.1, -0.05) is 23.7 Å². The number of nitrogens with one attached hydrogen (secondary N) is 1. The number of benzene rings is 2. The summed E-state index contributed by atoms with van der Waals surface area (Å²) in [7, 11) is -3.87. The lowest BCUT2D eigenvalue weighted by Crippen LogP contribution is -2.34. The highest BCUT2D eigenvalue weighted by Crippen LogP contribution is 2.22. The molecule has 0 unspecified atom stereocenters. The highest BCUT2D eigenvalue weighted by atomic mass is 35.5. The van der Waals surface area contributed by atoms with Crippen molar-refractivity contribution in [1.29, 1.82) is 0 Å². The minimum absolute atomic E-state index is 0.0910. The van der Waals surface area contributed by atoms with Crippen LogP contribution < -0.4 is 9.29 Å². The lowest BCUT2D eigenvalue weighted by Gasteiger charge is -2.09. The third-order valence-electron chi connectivity index (χ3n) is 4.29. The van der Waals surface area contributed by atoms with Crippen molar-refractivity contribution in [1.82, 2.24) is 9.97 Å². The zero-order chi connectivity index (χ0) is 20.6. The Kier molecular flexibility index (Phi) is 4.94. The molecule has 146 valence electrons. The van der Waals surface area contributed by atoms with Crippen LogP contribution >= 0.6 is 11.6 Å². The van der Waals surface area contributed by atoms with Gasteiger partial charge in [0.2, 0.25) is 11.3 Å². The summed E-state index contributed by atoms with van der Waals surface area (Å²) in [6.07, 6.45) is 3.76. The summed E-state index contributed by atoms with van der Waals surface area (Å²) in [4.78, 5) is 9.30. The van der Waals surface area contributed by atoms with Gasteiger partial charge in [-0.05, 0) is 72.4 Å². The van der Waals surface area contributed by atoms with Gasteiger partial charge in [-0.25, -0.2) is 13.4 Å². The number of nitrogens with zero attached hydrogens (tertiary/aromatic N) is 3. The second-order valence-electron chi connectivity index (χ2n) is 6.74. The summed E-state index contributed by atoms with van der Waals surface area (Å²) in [6, 6.07) is 15.3. The molecule has 0 saturated heterocycles. The van der Waals surface area contributed by atoms with E-state index in [0.717, 1.165) is 11.1 Å². The van der Waals surface area contributed by atoms with Crippen molar-refractivity contribution in [3.63, 3.8) is 0 Å². The number of pyridine rings is 1. The topological polar surface area (TPSA) is 75.8 Å². The molecule has 0 amide bonds. The fourth-order valence-electron chi connectivity index (χ4n) is 3.07. The molecule has 29 heavy (non-hydrogen) atoms. The monoisotopic (exact) mass is 425 g/mol. The van der Waals surface area contributed by atoms with Crippen LogP contribution in [0.3, 0.4) is 0 Å². The molecule has 2 aromatic carbocycles. The zero-order valence-corrected chi connectivity index (χ0v) is 17.4. The number of aryl methyl sites for hydroxylation is 2. The molecule has 1 N–H and O–H groups in total. The summed E-state index contributed by atoms with van der Waals surface area (Å²) in [6.45, 7) is 3.94. The average Bonchev–Trinajstić information content (AvgIpc) is 2.66. The fraction of sp³-hybridized carbons (Fsp3) is 0.0952. The van der Waals surface area contributed by atoms with Gasteiger partial charge in [-0.15, -0.1) is 0 Å². The van der Waals surface area contributed by atoms with Gasteiger partial charge >= 0.3 is 5.82 Å². The number of fused-ring (bicyclic) bond motifs is 1. The first-order valence-electron chi connectivity index (χ1n) is 8.87. The molecular weight excluding hydrogens is 408 g/mol. The number of hydrogen-bond donors (Lipinski definition) is 1. The Morgan fingerprint density at radius 1 is 0.897 bits per heavy atom. The number of para-hydroxylation sites is 2. The molecule has 0 aliphatic carbocycles. The molecule has 4 aromatic rings. The molecule has 0 fully saturated rings. The van der Waals surface area contributed by atoms with Crippen molar-refractivity contribution in [2.24, 2.45) is 0 Å². The van der Waals surface area contributed by atoms with Crippen molar-refractivity contribution in [3.8, 4) is 5.82 Å². The summed E-state index contributed by atoms with van der Waals surface area (Å²) < 4.78 is 30.2. The van der Waals surface area contributed by atoms with Gasteiger partial charge in [0.15, 0.2) is 0 Å². The van der Waals surface area contributed by atoms with Crippen LogP contribution in [0.4, 0.5) is 5.82 Å². The first kappa shape index (κ1) is 19.3. The summed E-state index contributed by atoms with van der Waals surface area (Å²) in [5, 5.41) is 0.459. The van der Waals surface area contributed by atoms with E-state index in [-0.39, 0.29) is 10.7 Å². The van der Waals surface area contributed by atoms with E-state index in [4.69, 9.17) is 11.6 Å². The molecule has 0 spiro atoms. The summed E-state index contributed by atoms with van der Waals surface area (Å²) in [5.41, 5.74) is 3.30. The summed E-state index contributed by atoms with van der Waals surface area (Å²) in [5.74, 6) is 0.543. The van der Waals surface area contributed by atoms with Gasteiger partial charge in [-0.3, -0.25) is 4.72 Å². The molecule has 0 atom stereocenters. The summed E-state index contributed by atoms with van der Waals surface area (Å²) >= 11 is 5.88. The van der Waals surface area contributed by atoms with Crippen molar-refractivity contribution in [2.75, 3.05) is 4.72 Å². The quantitative estimate of drug-likeness (QED) is 0.502. The molecule has 0 bridgehead atoms. The van der Waals surface area contributed by atoms with Crippen LogP contribution in [0.25, 0.3) is 16.9 Å². The Bertz CT molecular complexity index is 1300. The first-order chi connectivity index (χ1) is 13.8. The van der Waals surface area contributed by atoms with E-state index in [2.05, 4.69) is 14.7 Å². The van der Waals surface area contributed by atoms with Crippen molar-refractivity contribution < 1.29 is 13.0 Å². The number of rotatable bonds is 4. The minimum Gasteiger partial charge on any atom is -0.256 e. The SMILES string of the molecule is Cc1cc(C)c[n+](-c2nc3ccccc3nc2NS(=O)(=O)c2ccc(Cl)cc2)c1. The normalized spacial score (nSPS) is 11.6. The van der Waals surface area contributed by atoms with Crippen LogP contribution in [0.1, 0.15) is 11.1 Å². The van der Waals surface area contributed by atoms with Crippen molar-refractivity contribution >= 4 is 38.5 Å². The van der Waals surface area contributed by atoms with Gasteiger partial charge in [-0.2, -0.15) is 4.57 Å². The molecule has 0 aliphatic heterocycles. The molecule has 4 rings (SSSR count). The van der Waals surface area contributed by atoms with Gasteiger partial charge in [0.1, 0.15) is 5.52 Å². The van der Waals surface area contributed by atoms with Gasteiger partial charge in [0.05, 0.1) is 17.3 Å². The number of aromatic nitrogens is 3. The largest absolute Gasteiger partial charge is 0.372 e. The first-order valence-corrected chi connectivity index (χ1v) is 10.7. The molecular formula is C21H18ClN4O2S+. The van der Waals surface area contributed by atoms with Crippen LogP contribution in [0, 0.1) is 13.8 Å². The van der Waals surface area contributed by atoms with E-state index in [9.17, 15) is 8.42 Å². The second kappa shape index (κ2) is 7.42. The van der Waals surface area contributed by atoms with E-state index in [1.807, 2.05) is 50.5 Å². The van der Waals surface area contributed by atoms with Crippen LogP contribution in [0.2, 0.25) is 5.02 Å². The number of anilines is 1. The van der Waals surface area contributed by atoms with Gasteiger partial charge < -0.3 is 0 Å². The van der Waals surface area contributed by atoms with E-state index < -0.39 is 10.0 Å². The van der Waals surface area contributed by atoms with Gasteiger partial charge in [0.25, 0.3) is 10.0 Å². The van der Waals surface area contributed by atoms with Crippen molar-refractivity contribution in [2.45, 2.75) is 18.7 Å². The molecule has 2 heterocycles. The number of hydrogen-bond acceptors (Lipinski definition) is 4. The van der Waals surface area contributed by atoms with Crippen LogP contribution in [-0.2, 0) is 10.0 Å². The third-order valence-corrected chi connectivity index (χ3v) is 5.90. The fourth-order valence-corrected chi connectivity index (χ4v) is 4.20. The minimum atomic E-state index is -3.87. The number of halogens is 1. The smallest absolute Gasteiger partial charge is 0.256 e. The molecule has 0 radical (unpaired) electrons. The molecule has 2 aromatic heterocycles. The van der Waals surface area contributed by atoms with E-state index in [0.29, 0.717) is 21.9 Å². The van der Waals surface area contributed by atoms with Crippen LogP contribution in [0.5, 0.6) is 0 Å². The van der Waals surface area contributed by atoms with E-state index in [1.165, 1.54) is 24.3 Å². The Labute approximate surface area is 173 Å². The number of sulfonamides is 1. The zero-order valence-electron chi connectivity index (χ0n) is 15.8. The predicted molar refractivity (Wildman–Crippen MR) is 113 cm³/mol. The Hall–Kier alpha value is -3.03. The van der Waals surface area contributed by atoms with Crippen LogP contribution in [-0.4, -0.2) is 18.4 Å². The molecule has 6 nitrogen and oxygen atoms in total. The molecule has 0 saturated carbocycles. The van der Waals surface area contributed by atoms with Gasteiger partial charge in [0, 0.05) is 5.02 Å². The highest BCUT2D eigenvalue weighted by Gasteiger charge is 2.25. The molecule has 8 heteroatoms. The second-order valence-corrected chi connectivity index (χ2v) is 8.86. The maximum Gasteiger partial charge on any atom is 0.372 e. The Balaban J connectivity index is 1.89. The van der Waals surface area contributed by atoms with Crippen molar-refractivity contribution in [3.05, 3.63) is 83.1 Å². The Morgan fingerprint density at radius 2 is 1.48 bits per heavy atom. The Morgan fingerprint density at radius 3 is 2.10 bits per heavy atom. The average molecular weight is 426 g/mol. The van der Waals surface area contributed by atoms with E-state index >= 15 is 0 Å². The van der Waals surface area contributed by atoms with Crippen LogP contribution in [0.15, 0.2) is 71.9 Å². The highest BCUT2D eigenvalue weighted by molar-refractivity contribution is 7.92. The van der Waals surface area contributed by atoms with E-state index in [1.54, 1.807) is 10.6 Å². The maximum atomic E-state index is 12.9. The molecule has 0 aliphatic rings. The third kappa shape index (κ3) is 4.06. The lowest BCUT2D eigenvalue weighted by atomic mass is 10.2. The lowest BCUT2D eigenvalue weighted by molar-refractivity contribution is -0.599. The standard InChI is InChI=1S/C21H18ClN4O2S/c1-14-11-15(2)13-26(12-14)21-20(23-18-5-3-4-6-19(18)24-21)25-29(27,28)17-9-7-16(22)8-10-17/h3-13H,1-2H3,(H,23,25)/q+1. The maximum absolute atomic E-state index is 12.9.